The smallest absolute Gasteiger partial charge is 0.250 e. The summed E-state index contributed by atoms with van der Waals surface area (Å²) in [4.78, 5) is 2.26. The van der Waals surface area contributed by atoms with Gasteiger partial charge in [-0.15, -0.1) is 0 Å². The van der Waals surface area contributed by atoms with Gasteiger partial charge in [0.05, 0.1) is 6.54 Å². The molecule has 0 spiro atoms. The van der Waals surface area contributed by atoms with Crippen molar-refractivity contribution in [2.45, 2.75) is 25.1 Å². The van der Waals surface area contributed by atoms with Crippen LogP contribution in [0.4, 0.5) is 8.78 Å². The fourth-order valence-corrected chi connectivity index (χ4v) is 1.97. The number of likely N-dealkylation sites (tertiary alicyclic amines) is 1. The molecule has 1 aliphatic heterocycles. The van der Waals surface area contributed by atoms with Crippen molar-refractivity contribution in [3.63, 3.8) is 0 Å². The van der Waals surface area contributed by atoms with Crippen LogP contribution in [0.1, 0.15) is 13.3 Å². The fraction of sp³-hybridized carbons (Fsp3) is 1.00. The van der Waals surface area contributed by atoms with Gasteiger partial charge in [0.25, 0.3) is 6.43 Å². The van der Waals surface area contributed by atoms with Crippen LogP contribution in [0.15, 0.2) is 0 Å². The number of halogens is 2. The molecule has 14 heavy (non-hydrogen) atoms. The van der Waals surface area contributed by atoms with Crippen LogP contribution in [0.25, 0.3) is 0 Å². The Morgan fingerprint density at radius 1 is 1.57 bits per heavy atom. The minimum atomic E-state index is -2.24. The Balaban J connectivity index is 2.10. The van der Waals surface area contributed by atoms with Crippen molar-refractivity contribution in [2.75, 3.05) is 26.2 Å². The Labute approximate surface area is 89.4 Å². The first kappa shape index (κ1) is 12.2. The molecule has 0 aromatic carbocycles. The molecule has 2 unspecified atom stereocenters. The Hall–Kier alpha value is 0.130. The summed E-state index contributed by atoms with van der Waals surface area (Å²) >= 11 is 4.34. The number of thiol groups is 1. The average molecular weight is 224 g/mol. The summed E-state index contributed by atoms with van der Waals surface area (Å²) < 4.78 is 23.7. The molecule has 2 nitrogen and oxygen atoms in total. The second-order valence-corrected chi connectivity index (χ2v) is 4.58. The normalized spacial score (nSPS) is 25.9. The van der Waals surface area contributed by atoms with Gasteiger partial charge in [0.2, 0.25) is 0 Å². The molecule has 84 valence electrons. The van der Waals surface area contributed by atoms with E-state index in [-0.39, 0.29) is 11.9 Å². The van der Waals surface area contributed by atoms with E-state index in [2.05, 4.69) is 22.8 Å². The molecule has 0 amide bonds. The van der Waals surface area contributed by atoms with Gasteiger partial charge >= 0.3 is 0 Å². The first-order valence-electron chi connectivity index (χ1n) is 5.00. The monoisotopic (exact) mass is 224 g/mol. The third-order valence-electron chi connectivity index (χ3n) is 2.58. The maximum absolute atomic E-state index is 11.8. The van der Waals surface area contributed by atoms with Crippen LogP contribution in [-0.2, 0) is 0 Å². The van der Waals surface area contributed by atoms with Crippen LogP contribution in [0.5, 0.6) is 0 Å². The third-order valence-corrected chi connectivity index (χ3v) is 2.90. The predicted molar refractivity (Wildman–Crippen MR) is 57.0 cm³/mol. The summed E-state index contributed by atoms with van der Waals surface area (Å²) in [6.07, 6.45) is -1.16. The lowest BCUT2D eigenvalue weighted by atomic mass is 10.1. The molecular formula is C9H18F2N2S. The van der Waals surface area contributed by atoms with Crippen LogP contribution in [-0.4, -0.2) is 42.9 Å². The second-order valence-electron chi connectivity index (χ2n) is 3.83. The quantitative estimate of drug-likeness (QED) is 0.687. The molecule has 1 N–H and O–H groups in total. The lowest BCUT2D eigenvalue weighted by molar-refractivity contribution is 0.144. The van der Waals surface area contributed by atoms with Gasteiger partial charge in [-0.05, 0) is 32.4 Å². The number of alkyl halides is 2. The van der Waals surface area contributed by atoms with E-state index in [9.17, 15) is 8.78 Å². The van der Waals surface area contributed by atoms with E-state index in [1.54, 1.807) is 0 Å². The molecule has 2 atom stereocenters. The van der Waals surface area contributed by atoms with Crippen molar-refractivity contribution in [3.8, 4) is 0 Å². The van der Waals surface area contributed by atoms with Gasteiger partial charge in [0.15, 0.2) is 0 Å². The van der Waals surface area contributed by atoms with Gasteiger partial charge in [-0.2, -0.15) is 12.6 Å². The van der Waals surface area contributed by atoms with Gasteiger partial charge in [0, 0.05) is 11.9 Å². The number of hydrogen-bond donors (Lipinski definition) is 2. The number of nitrogens with zero attached hydrogens (tertiary/aromatic N) is 1. The number of nitrogens with one attached hydrogen (secondary N) is 1. The molecule has 1 heterocycles. The number of hydrogen-bond acceptors (Lipinski definition) is 3. The van der Waals surface area contributed by atoms with E-state index in [1.807, 2.05) is 6.92 Å². The highest BCUT2D eigenvalue weighted by molar-refractivity contribution is 7.80. The van der Waals surface area contributed by atoms with Gasteiger partial charge in [-0.25, -0.2) is 8.78 Å². The van der Waals surface area contributed by atoms with E-state index in [0.717, 1.165) is 19.5 Å². The zero-order valence-corrected chi connectivity index (χ0v) is 9.31. The summed E-state index contributed by atoms with van der Waals surface area (Å²) in [7, 11) is 0. The van der Waals surface area contributed by atoms with E-state index in [4.69, 9.17) is 0 Å². The fourth-order valence-electron chi connectivity index (χ4n) is 1.77. The van der Waals surface area contributed by atoms with Gasteiger partial charge in [-0.1, -0.05) is 0 Å². The molecule has 0 aliphatic carbocycles. The highest BCUT2D eigenvalue weighted by Crippen LogP contribution is 2.19. The summed E-state index contributed by atoms with van der Waals surface area (Å²) in [5.74, 6) is 0.503. The van der Waals surface area contributed by atoms with Crippen LogP contribution < -0.4 is 5.32 Å². The van der Waals surface area contributed by atoms with Crippen LogP contribution in [0.3, 0.4) is 0 Å². The molecule has 0 aromatic rings. The molecule has 5 heteroatoms. The zero-order valence-electron chi connectivity index (χ0n) is 8.42. The maximum Gasteiger partial charge on any atom is 0.250 e. The van der Waals surface area contributed by atoms with Crippen LogP contribution in [0.2, 0.25) is 0 Å². The first-order valence-corrected chi connectivity index (χ1v) is 5.52. The molecular weight excluding hydrogens is 206 g/mol. The van der Waals surface area contributed by atoms with Gasteiger partial charge in [0.1, 0.15) is 0 Å². The van der Waals surface area contributed by atoms with E-state index in [0.29, 0.717) is 12.5 Å². The molecule has 1 rings (SSSR count). The average Bonchev–Trinajstić information content (AvgIpc) is 2.52. The Bertz CT molecular complexity index is 167. The van der Waals surface area contributed by atoms with Crippen molar-refractivity contribution in [1.82, 2.24) is 10.2 Å². The highest BCUT2D eigenvalue weighted by atomic mass is 32.1. The zero-order chi connectivity index (χ0) is 10.6. The predicted octanol–water partition coefficient (Wildman–Crippen LogP) is 1.44. The van der Waals surface area contributed by atoms with Gasteiger partial charge < -0.3 is 5.32 Å². The first-order chi connectivity index (χ1) is 6.59. The number of rotatable bonds is 5. The summed E-state index contributed by atoms with van der Waals surface area (Å²) in [5, 5.41) is 3.06. The third kappa shape index (κ3) is 4.11. The minimum absolute atomic E-state index is 0.188. The SMILES string of the molecule is CC(S)N1CCC(CNCC(F)F)C1. The van der Waals surface area contributed by atoms with Crippen molar-refractivity contribution < 1.29 is 8.78 Å². The lowest BCUT2D eigenvalue weighted by Gasteiger charge is -2.19. The van der Waals surface area contributed by atoms with E-state index >= 15 is 0 Å². The minimum Gasteiger partial charge on any atom is -0.311 e. The maximum atomic E-state index is 11.8. The summed E-state index contributed by atoms with van der Waals surface area (Å²) in [6.45, 7) is 4.55. The standard InChI is InChI=1S/C9H18F2N2S/c1-7(14)13-3-2-8(6-13)4-12-5-9(10)11/h7-9,12,14H,2-6H2,1H3. The second kappa shape index (κ2) is 5.88. The van der Waals surface area contributed by atoms with Crippen molar-refractivity contribution >= 4 is 12.6 Å². The molecule has 1 fully saturated rings. The lowest BCUT2D eigenvalue weighted by Crippen LogP contribution is -2.31. The van der Waals surface area contributed by atoms with Gasteiger partial charge in [-0.3, -0.25) is 4.90 Å². The molecule has 0 saturated carbocycles. The molecule has 1 saturated heterocycles. The molecule has 0 aromatic heterocycles. The Morgan fingerprint density at radius 2 is 2.29 bits per heavy atom. The largest absolute Gasteiger partial charge is 0.311 e. The van der Waals surface area contributed by atoms with E-state index < -0.39 is 6.43 Å². The molecule has 0 radical (unpaired) electrons. The van der Waals surface area contributed by atoms with Crippen LogP contribution >= 0.6 is 12.6 Å². The van der Waals surface area contributed by atoms with Crippen molar-refractivity contribution in [3.05, 3.63) is 0 Å². The summed E-state index contributed by atoms with van der Waals surface area (Å²) in [5.41, 5.74) is 0. The Kier molecular flexibility index (Phi) is 5.12. The van der Waals surface area contributed by atoms with E-state index in [1.165, 1.54) is 0 Å². The Morgan fingerprint density at radius 3 is 2.79 bits per heavy atom. The van der Waals surface area contributed by atoms with Crippen molar-refractivity contribution in [2.24, 2.45) is 5.92 Å². The molecule has 1 aliphatic rings. The molecule has 0 bridgehead atoms. The topological polar surface area (TPSA) is 15.3 Å². The highest BCUT2D eigenvalue weighted by Gasteiger charge is 2.24. The summed E-state index contributed by atoms with van der Waals surface area (Å²) in [6, 6.07) is 0. The van der Waals surface area contributed by atoms with Crippen LogP contribution in [0, 0.1) is 5.92 Å². The van der Waals surface area contributed by atoms with Crippen molar-refractivity contribution in [1.29, 1.82) is 0 Å².